The van der Waals surface area contributed by atoms with E-state index in [-0.39, 0.29) is 23.6 Å². The maximum atomic E-state index is 14.5. The highest BCUT2D eigenvalue weighted by Gasteiger charge is 2.39. The molecule has 2 heterocycles. The van der Waals surface area contributed by atoms with Crippen LogP contribution in [0.15, 0.2) is 102 Å². The second-order valence-corrected chi connectivity index (χ2v) is 15.5. The van der Waals surface area contributed by atoms with Crippen molar-refractivity contribution in [3.63, 3.8) is 0 Å². The molecule has 4 amide bonds. The molecule has 2 aliphatic heterocycles. The van der Waals surface area contributed by atoms with E-state index >= 15 is 0 Å². The summed E-state index contributed by atoms with van der Waals surface area (Å²) in [7, 11) is 0. The Kier molecular flexibility index (Phi) is 9.35. The highest BCUT2D eigenvalue weighted by atomic mass is 16.2. The minimum Gasteiger partial charge on any atom is -0.290 e. The smallest absolute Gasteiger partial charge is 0.265 e. The molecule has 6 aromatic rings. The predicted molar refractivity (Wildman–Crippen MR) is 227 cm³/mol. The van der Waals surface area contributed by atoms with Gasteiger partial charge in [-0.1, -0.05) is 89.5 Å². The summed E-state index contributed by atoms with van der Waals surface area (Å²) in [6.07, 6.45) is 16.5. The Morgan fingerprint density at radius 1 is 0.474 bits per heavy atom. The van der Waals surface area contributed by atoms with Crippen molar-refractivity contribution in [2.45, 2.75) is 84.1 Å². The zero-order valence-corrected chi connectivity index (χ0v) is 32.3. The van der Waals surface area contributed by atoms with Crippen LogP contribution in [0.3, 0.4) is 0 Å². The van der Waals surface area contributed by atoms with Crippen molar-refractivity contribution in [2.24, 2.45) is 4.99 Å². The summed E-state index contributed by atoms with van der Waals surface area (Å²) in [6, 6.07) is 21.9. The molecular formula is C49H43N3O5. The molecule has 0 saturated carbocycles. The van der Waals surface area contributed by atoms with Crippen LogP contribution in [0.4, 0.5) is 11.4 Å². The van der Waals surface area contributed by atoms with Gasteiger partial charge in [0.25, 0.3) is 23.6 Å². The molecule has 3 aliphatic rings. The molecule has 284 valence electrons. The Bertz CT molecular complexity index is 2620. The van der Waals surface area contributed by atoms with Gasteiger partial charge in [0.2, 0.25) is 0 Å². The maximum Gasteiger partial charge on any atom is 0.265 e. The Hall–Kier alpha value is -6.28. The van der Waals surface area contributed by atoms with Crippen LogP contribution in [-0.4, -0.2) is 46.1 Å². The van der Waals surface area contributed by atoms with Crippen LogP contribution in [0.1, 0.15) is 119 Å². The van der Waals surface area contributed by atoms with E-state index < -0.39 is 11.8 Å². The highest BCUT2D eigenvalue weighted by Crippen LogP contribution is 2.47. The van der Waals surface area contributed by atoms with Gasteiger partial charge in [0.15, 0.2) is 5.78 Å². The van der Waals surface area contributed by atoms with Crippen LogP contribution in [0.5, 0.6) is 0 Å². The number of carbonyl (C=O) groups excluding carboxylic acids is 5. The maximum absolute atomic E-state index is 14.5. The van der Waals surface area contributed by atoms with E-state index in [4.69, 9.17) is 0 Å². The molecule has 57 heavy (non-hydrogen) atoms. The summed E-state index contributed by atoms with van der Waals surface area (Å²) in [4.78, 5) is 76.3. The van der Waals surface area contributed by atoms with Gasteiger partial charge in [-0.3, -0.25) is 28.9 Å². The number of benzene rings is 6. The number of aliphatic imine (C=N–C) groups is 1. The van der Waals surface area contributed by atoms with E-state index in [1.165, 1.54) is 17.1 Å². The molecule has 0 saturated heterocycles. The SMILES string of the molecule is CCCCCCC(CCCCCC)N1C(=O)c2ccc3c4ccc5c6c(ccc(c7ccc(c2c37)C1=O)c64)C(=O)N(c1ccc(N=C2C=CC(=O)C=C2)cc1)C5=O. The summed E-state index contributed by atoms with van der Waals surface area (Å²) in [5.74, 6) is -1.38. The normalized spacial score (nSPS) is 15.3. The van der Waals surface area contributed by atoms with Crippen LogP contribution in [0.2, 0.25) is 0 Å². The summed E-state index contributed by atoms with van der Waals surface area (Å²) in [5.41, 5.74) is 3.62. The van der Waals surface area contributed by atoms with Gasteiger partial charge in [-0.05, 0) is 118 Å². The van der Waals surface area contributed by atoms with Crippen molar-refractivity contribution in [1.82, 2.24) is 4.90 Å². The van der Waals surface area contributed by atoms with Crippen molar-refractivity contribution in [3.05, 3.63) is 119 Å². The lowest BCUT2D eigenvalue weighted by Gasteiger charge is -2.35. The Labute approximate surface area is 330 Å². The molecule has 0 radical (unpaired) electrons. The van der Waals surface area contributed by atoms with E-state index in [2.05, 4.69) is 18.8 Å². The van der Waals surface area contributed by atoms with E-state index in [0.717, 1.165) is 96.5 Å². The molecule has 0 spiro atoms. The number of carbonyl (C=O) groups is 5. The van der Waals surface area contributed by atoms with Gasteiger partial charge in [0.05, 0.1) is 17.1 Å². The number of ketones is 1. The average molecular weight is 754 g/mol. The van der Waals surface area contributed by atoms with Gasteiger partial charge in [-0.25, -0.2) is 9.89 Å². The van der Waals surface area contributed by atoms with E-state index in [1.54, 1.807) is 53.5 Å². The first-order valence-corrected chi connectivity index (χ1v) is 20.4. The highest BCUT2D eigenvalue weighted by molar-refractivity contribution is 6.43. The largest absolute Gasteiger partial charge is 0.290 e. The summed E-state index contributed by atoms with van der Waals surface area (Å²) in [6.45, 7) is 4.37. The molecule has 1 aliphatic carbocycles. The van der Waals surface area contributed by atoms with Crippen LogP contribution in [0.25, 0.3) is 43.1 Å². The molecule has 0 unspecified atom stereocenters. The van der Waals surface area contributed by atoms with Crippen LogP contribution >= 0.6 is 0 Å². The zero-order valence-electron chi connectivity index (χ0n) is 32.3. The number of allylic oxidation sites excluding steroid dienone is 4. The van der Waals surface area contributed by atoms with Gasteiger partial charge in [-0.15, -0.1) is 0 Å². The fourth-order valence-electron chi connectivity index (χ4n) is 9.21. The minimum atomic E-state index is -0.418. The van der Waals surface area contributed by atoms with Crippen LogP contribution in [0, 0.1) is 0 Å². The van der Waals surface area contributed by atoms with E-state index in [1.807, 2.05) is 36.4 Å². The Morgan fingerprint density at radius 2 is 0.912 bits per heavy atom. The average Bonchev–Trinajstić information content (AvgIpc) is 3.22. The lowest BCUT2D eigenvalue weighted by atomic mass is 9.82. The van der Waals surface area contributed by atoms with Crippen molar-refractivity contribution < 1.29 is 24.0 Å². The minimum absolute atomic E-state index is 0.0963. The van der Waals surface area contributed by atoms with Gasteiger partial charge in [0, 0.05) is 39.1 Å². The van der Waals surface area contributed by atoms with Gasteiger partial charge >= 0.3 is 0 Å². The third-order valence-corrected chi connectivity index (χ3v) is 12.0. The first-order chi connectivity index (χ1) is 27.8. The summed E-state index contributed by atoms with van der Waals surface area (Å²) >= 11 is 0. The first kappa shape index (κ1) is 36.4. The molecule has 0 fully saturated rings. The molecule has 9 rings (SSSR count). The Balaban J connectivity index is 1.11. The Morgan fingerprint density at radius 3 is 1.35 bits per heavy atom. The van der Waals surface area contributed by atoms with Gasteiger partial charge < -0.3 is 0 Å². The first-order valence-electron chi connectivity index (χ1n) is 20.4. The number of fused-ring (bicyclic) bond motifs is 2. The fourth-order valence-corrected chi connectivity index (χ4v) is 9.21. The molecule has 0 bridgehead atoms. The zero-order chi connectivity index (χ0) is 39.4. The molecule has 8 heteroatoms. The summed E-state index contributed by atoms with van der Waals surface area (Å²) in [5, 5.41) is 6.43. The van der Waals surface area contributed by atoms with E-state index in [0.29, 0.717) is 50.1 Å². The number of nitrogens with zero attached hydrogens (tertiary/aromatic N) is 3. The monoisotopic (exact) mass is 753 g/mol. The number of unbranched alkanes of at least 4 members (excludes halogenated alkanes) is 6. The molecule has 8 nitrogen and oxygen atoms in total. The molecule has 0 atom stereocenters. The van der Waals surface area contributed by atoms with Crippen LogP contribution in [-0.2, 0) is 4.79 Å². The van der Waals surface area contributed by atoms with Crippen molar-refractivity contribution in [2.75, 3.05) is 4.90 Å². The molecule has 6 aromatic carbocycles. The van der Waals surface area contributed by atoms with Crippen molar-refractivity contribution >= 4 is 89.6 Å². The van der Waals surface area contributed by atoms with Crippen LogP contribution < -0.4 is 4.90 Å². The third kappa shape index (κ3) is 5.97. The molecule has 0 aromatic heterocycles. The number of amides is 4. The quantitative estimate of drug-likeness (QED) is 0.0384. The standard InChI is InChI=1S/C49H43N3O5/c1-3-5-7-9-11-31(12-10-8-6-4-2)51-46(54)38-25-21-34-36-23-27-40-45-41(28-24-37(43(36)45)35-22-26-39(47(51)55)44(38)42(34)35)49(57)52(48(40)56)32-17-13-29(14-18-32)50-30-15-19-33(53)20-16-30/h13-28,31H,3-12H2,1-2H3. The molecule has 0 N–H and O–H groups in total. The lowest BCUT2D eigenvalue weighted by Crippen LogP contribution is -2.47. The third-order valence-electron chi connectivity index (χ3n) is 12.0. The fraction of sp³-hybridized carbons (Fsp3) is 0.265. The lowest BCUT2D eigenvalue weighted by molar-refractivity contribution is -0.110. The second-order valence-electron chi connectivity index (χ2n) is 15.5. The predicted octanol–water partition coefficient (Wildman–Crippen LogP) is 11.2. The summed E-state index contributed by atoms with van der Waals surface area (Å²) < 4.78 is 0. The molecular weight excluding hydrogens is 711 g/mol. The number of rotatable bonds is 13. The number of hydrogen-bond donors (Lipinski definition) is 0. The number of anilines is 1. The van der Waals surface area contributed by atoms with Gasteiger partial charge in [-0.2, -0.15) is 0 Å². The number of imide groups is 2. The van der Waals surface area contributed by atoms with E-state index in [9.17, 15) is 24.0 Å². The van der Waals surface area contributed by atoms with Crippen molar-refractivity contribution in [1.29, 1.82) is 0 Å². The number of hydrogen-bond acceptors (Lipinski definition) is 6. The van der Waals surface area contributed by atoms with Gasteiger partial charge in [0.1, 0.15) is 0 Å². The van der Waals surface area contributed by atoms with Crippen molar-refractivity contribution in [3.8, 4) is 0 Å². The topological polar surface area (TPSA) is 104 Å². The second kappa shape index (κ2) is 14.7.